The van der Waals surface area contributed by atoms with E-state index in [0.29, 0.717) is 12.4 Å². The van der Waals surface area contributed by atoms with Gasteiger partial charge in [0, 0.05) is 25.2 Å². The molecule has 2 aromatic rings. The number of pyridine rings is 1. The lowest BCUT2D eigenvalue weighted by Crippen LogP contribution is -2.32. The zero-order chi connectivity index (χ0) is 17.8. The summed E-state index contributed by atoms with van der Waals surface area (Å²) >= 11 is 0. The highest BCUT2D eigenvalue weighted by molar-refractivity contribution is 5.89. The van der Waals surface area contributed by atoms with E-state index in [2.05, 4.69) is 20.7 Å². The predicted octanol–water partition coefficient (Wildman–Crippen LogP) is 0.874. The van der Waals surface area contributed by atoms with E-state index in [1.807, 2.05) is 19.9 Å². The van der Waals surface area contributed by atoms with Crippen molar-refractivity contribution in [3.05, 3.63) is 40.2 Å². The monoisotopic (exact) mass is 344 g/mol. The Bertz CT molecular complexity index is 786. The second-order valence-electron chi connectivity index (χ2n) is 6.35. The van der Waals surface area contributed by atoms with E-state index in [1.54, 1.807) is 16.8 Å². The van der Waals surface area contributed by atoms with E-state index in [4.69, 9.17) is 0 Å². The Morgan fingerprint density at radius 1 is 1.44 bits per heavy atom. The quantitative estimate of drug-likeness (QED) is 0.839. The molecule has 134 valence electrons. The molecule has 1 saturated heterocycles. The summed E-state index contributed by atoms with van der Waals surface area (Å²) in [6.07, 6.45) is 3.75. The molecule has 8 nitrogen and oxygen atoms in total. The van der Waals surface area contributed by atoms with Gasteiger partial charge in [-0.05, 0) is 44.9 Å². The van der Waals surface area contributed by atoms with Crippen LogP contribution in [0.25, 0.3) is 0 Å². The zero-order valence-corrected chi connectivity index (χ0v) is 14.7. The van der Waals surface area contributed by atoms with Crippen LogP contribution in [0.5, 0.6) is 0 Å². The van der Waals surface area contributed by atoms with E-state index in [0.717, 1.165) is 37.3 Å². The second-order valence-corrected chi connectivity index (χ2v) is 6.35. The molecule has 2 aromatic heterocycles. The number of carbonyl (C=O) groups is 1. The van der Waals surface area contributed by atoms with Crippen LogP contribution in [0.3, 0.4) is 0 Å². The number of nitrogens with one attached hydrogen (secondary N) is 2. The van der Waals surface area contributed by atoms with E-state index < -0.39 is 0 Å². The predicted molar refractivity (Wildman–Crippen MR) is 94.6 cm³/mol. The van der Waals surface area contributed by atoms with Gasteiger partial charge < -0.3 is 10.6 Å². The van der Waals surface area contributed by atoms with Gasteiger partial charge in [0.25, 0.3) is 0 Å². The fraction of sp³-hybridized carbons (Fsp3) is 0.529. The Hall–Kier alpha value is -2.48. The van der Waals surface area contributed by atoms with Crippen molar-refractivity contribution in [1.82, 2.24) is 24.6 Å². The number of rotatable bonds is 5. The van der Waals surface area contributed by atoms with Gasteiger partial charge in [0.15, 0.2) is 0 Å². The number of hydrogen-bond acceptors (Lipinski definition) is 5. The lowest BCUT2D eigenvalue weighted by atomic mass is 9.99. The summed E-state index contributed by atoms with van der Waals surface area (Å²) in [6, 6.07) is 3.61. The molecule has 1 aliphatic heterocycles. The minimum absolute atomic E-state index is 0.117. The molecule has 0 aromatic carbocycles. The van der Waals surface area contributed by atoms with Gasteiger partial charge in [-0.1, -0.05) is 6.07 Å². The first kappa shape index (κ1) is 17.3. The van der Waals surface area contributed by atoms with Gasteiger partial charge in [-0.3, -0.25) is 9.36 Å². The largest absolute Gasteiger partial charge is 0.346 e. The molecule has 0 bridgehead atoms. The van der Waals surface area contributed by atoms with Crippen LogP contribution in [0.1, 0.15) is 37.1 Å². The van der Waals surface area contributed by atoms with Crippen LogP contribution >= 0.6 is 0 Å². The third kappa shape index (κ3) is 3.96. The highest BCUT2D eigenvalue weighted by atomic mass is 16.2. The van der Waals surface area contributed by atoms with E-state index in [-0.39, 0.29) is 24.1 Å². The Labute approximate surface area is 146 Å². The summed E-state index contributed by atoms with van der Waals surface area (Å²) < 4.78 is 2.91. The highest BCUT2D eigenvalue weighted by Crippen LogP contribution is 2.20. The average Bonchev–Trinajstić information content (AvgIpc) is 2.93. The number of aromatic nitrogens is 4. The van der Waals surface area contributed by atoms with Crippen molar-refractivity contribution in [2.75, 3.05) is 18.4 Å². The third-order valence-electron chi connectivity index (χ3n) is 4.40. The molecular weight excluding hydrogens is 320 g/mol. The van der Waals surface area contributed by atoms with Crippen LogP contribution in [-0.2, 0) is 17.9 Å². The van der Waals surface area contributed by atoms with Gasteiger partial charge in [-0.15, -0.1) is 0 Å². The fourth-order valence-electron chi connectivity index (χ4n) is 3.09. The van der Waals surface area contributed by atoms with Crippen molar-refractivity contribution in [2.24, 2.45) is 0 Å². The maximum atomic E-state index is 12.5. The molecule has 2 N–H and O–H groups in total. The van der Waals surface area contributed by atoms with Gasteiger partial charge >= 0.3 is 5.69 Å². The van der Waals surface area contributed by atoms with Gasteiger partial charge in [-0.25, -0.2) is 14.5 Å². The van der Waals surface area contributed by atoms with Crippen LogP contribution in [0, 0.1) is 6.92 Å². The Morgan fingerprint density at radius 3 is 2.92 bits per heavy atom. The number of carbonyl (C=O) groups excluding carboxylic acids is 1. The molecule has 25 heavy (non-hydrogen) atoms. The van der Waals surface area contributed by atoms with Crippen LogP contribution < -0.4 is 16.3 Å². The Kier molecular flexibility index (Phi) is 5.28. The highest BCUT2D eigenvalue weighted by Gasteiger charge is 2.24. The van der Waals surface area contributed by atoms with Crippen molar-refractivity contribution >= 4 is 11.7 Å². The molecule has 1 amide bonds. The molecule has 8 heteroatoms. The SMILES string of the molecule is CCn1c([C@H]2CCCNC2)nn(CC(=O)Nc2ccc(C)cn2)c1=O. The molecule has 1 atom stereocenters. The summed E-state index contributed by atoms with van der Waals surface area (Å²) in [7, 11) is 0. The topological polar surface area (TPSA) is 93.8 Å². The standard InChI is InChI=1S/C17H24N6O2/c1-3-22-16(13-5-4-8-18-10-13)21-23(17(22)25)11-15(24)20-14-7-6-12(2)9-19-14/h6-7,9,13,18H,3-5,8,10-11H2,1-2H3,(H,19,20,24)/t13-/m0/s1. The first-order valence-corrected chi connectivity index (χ1v) is 8.69. The van der Waals surface area contributed by atoms with Crippen LogP contribution in [0.2, 0.25) is 0 Å². The van der Waals surface area contributed by atoms with Crippen molar-refractivity contribution < 1.29 is 4.79 Å². The lowest BCUT2D eigenvalue weighted by Gasteiger charge is -2.21. The first-order chi connectivity index (χ1) is 12.1. The van der Waals surface area contributed by atoms with E-state index in [1.165, 1.54) is 4.68 Å². The summed E-state index contributed by atoms with van der Waals surface area (Å²) in [5.74, 6) is 1.13. The van der Waals surface area contributed by atoms with Gasteiger partial charge in [0.2, 0.25) is 5.91 Å². The maximum Gasteiger partial charge on any atom is 0.346 e. The summed E-state index contributed by atoms with van der Waals surface area (Å²) in [4.78, 5) is 28.9. The number of hydrogen-bond donors (Lipinski definition) is 2. The summed E-state index contributed by atoms with van der Waals surface area (Å²) in [5, 5.41) is 10.5. The second kappa shape index (κ2) is 7.60. The molecule has 1 fully saturated rings. The fourth-order valence-corrected chi connectivity index (χ4v) is 3.09. The Balaban J connectivity index is 1.75. The first-order valence-electron chi connectivity index (χ1n) is 8.69. The smallest absolute Gasteiger partial charge is 0.316 e. The van der Waals surface area contributed by atoms with E-state index in [9.17, 15) is 9.59 Å². The minimum Gasteiger partial charge on any atom is -0.316 e. The van der Waals surface area contributed by atoms with Gasteiger partial charge in [0.05, 0.1) is 0 Å². The number of piperidine rings is 1. The summed E-state index contributed by atoms with van der Waals surface area (Å²) in [6.45, 7) is 6.09. The minimum atomic E-state index is -0.312. The van der Waals surface area contributed by atoms with Gasteiger partial charge in [-0.2, -0.15) is 5.10 Å². The Morgan fingerprint density at radius 2 is 2.28 bits per heavy atom. The average molecular weight is 344 g/mol. The van der Waals surface area contributed by atoms with E-state index >= 15 is 0 Å². The summed E-state index contributed by atoms with van der Waals surface area (Å²) in [5.41, 5.74) is 0.775. The number of aryl methyl sites for hydroxylation is 1. The number of nitrogens with zero attached hydrogens (tertiary/aromatic N) is 4. The van der Waals surface area contributed by atoms with Crippen molar-refractivity contribution in [3.8, 4) is 0 Å². The number of amides is 1. The lowest BCUT2D eigenvalue weighted by molar-refractivity contribution is -0.117. The number of anilines is 1. The van der Waals surface area contributed by atoms with Crippen LogP contribution in [-0.4, -0.2) is 38.3 Å². The molecule has 3 rings (SSSR count). The van der Waals surface area contributed by atoms with Gasteiger partial charge in [0.1, 0.15) is 18.2 Å². The molecule has 1 aliphatic rings. The maximum absolute atomic E-state index is 12.5. The van der Waals surface area contributed by atoms with Crippen molar-refractivity contribution in [3.63, 3.8) is 0 Å². The molecular formula is C17H24N6O2. The third-order valence-corrected chi connectivity index (χ3v) is 4.40. The molecule has 0 unspecified atom stereocenters. The normalized spacial score (nSPS) is 17.4. The van der Waals surface area contributed by atoms with Crippen molar-refractivity contribution in [2.45, 2.75) is 45.7 Å². The molecule has 0 aliphatic carbocycles. The molecule has 0 saturated carbocycles. The molecule has 0 spiro atoms. The van der Waals surface area contributed by atoms with Crippen LogP contribution in [0.4, 0.5) is 5.82 Å². The molecule has 0 radical (unpaired) electrons. The van der Waals surface area contributed by atoms with Crippen LogP contribution in [0.15, 0.2) is 23.1 Å². The van der Waals surface area contributed by atoms with Crippen molar-refractivity contribution in [1.29, 1.82) is 0 Å². The molecule has 3 heterocycles. The zero-order valence-electron chi connectivity index (χ0n) is 14.7.